The van der Waals surface area contributed by atoms with Gasteiger partial charge in [-0.25, -0.2) is 4.98 Å². The number of rotatable bonds is 3. The Morgan fingerprint density at radius 3 is 2.65 bits per heavy atom. The van der Waals surface area contributed by atoms with Crippen LogP contribution >= 0.6 is 11.6 Å². The molecule has 0 saturated heterocycles. The molecule has 0 aliphatic heterocycles. The van der Waals surface area contributed by atoms with Crippen LogP contribution in [0.1, 0.15) is 10.4 Å². The molecule has 102 valence electrons. The van der Waals surface area contributed by atoms with E-state index in [0.717, 1.165) is 6.20 Å². The van der Waals surface area contributed by atoms with Crippen molar-refractivity contribution in [1.82, 2.24) is 4.98 Å². The van der Waals surface area contributed by atoms with E-state index in [4.69, 9.17) is 11.6 Å². The Kier molecular flexibility index (Phi) is 3.81. The summed E-state index contributed by atoms with van der Waals surface area (Å²) >= 11 is 5.66. The minimum absolute atomic E-state index is 0.0227. The first-order valence-electron chi connectivity index (χ1n) is 5.37. The molecule has 0 spiro atoms. The fraction of sp³-hybridized carbons (Fsp3) is 0. The van der Waals surface area contributed by atoms with Crippen molar-refractivity contribution < 1.29 is 14.8 Å². The maximum absolute atomic E-state index is 11.9. The number of phenolic OH excluding ortho intramolecular Hbond substituents is 1. The molecular weight excluding hydrogens is 286 g/mol. The minimum Gasteiger partial charge on any atom is -0.507 e. The van der Waals surface area contributed by atoms with Crippen LogP contribution in [-0.4, -0.2) is 20.9 Å². The fourth-order valence-corrected chi connectivity index (χ4v) is 1.61. The summed E-state index contributed by atoms with van der Waals surface area (Å²) in [7, 11) is 0. The lowest BCUT2D eigenvalue weighted by Gasteiger charge is -2.06. The lowest BCUT2D eigenvalue weighted by molar-refractivity contribution is -0.385. The van der Waals surface area contributed by atoms with E-state index in [2.05, 4.69) is 10.3 Å². The van der Waals surface area contributed by atoms with Gasteiger partial charge in [0.15, 0.2) is 0 Å². The van der Waals surface area contributed by atoms with Gasteiger partial charge < -0.3 is 10.4 Å². The number of hydrogen-bond acceptors (Lipinski definition) is 5. The van der Waals surface area contributed by atoms with E-state index in [-0.39, 0.29) is 22.8 Å². The van der Waals surface area contributed by atoms with Crippen molar-refractivity contribution in [1.29, 1.82) is 0 Å². The van der Waals surface area contributed by atoms with Gasteiger partial charge in [-0.3, -0.25) is 14.9 Å². The second-order valence-electron chi connectivity index (χ2n) is 3.77. The molecule has 0 bridgehead atoms. The SMILES string of the molecule is O=C(Nc1ccc([N+](=O)[O-])cn1)c1ccc(Cl)cc1O. The zero-order valence-electron chi connectivity index (χ0n) is 9.91. The highest BCUT2D eigenvalue weighted by Gasteiger charge is 2.13. The van der Waals surface area contributed by atoms with Crippen LogP contribution in [0.15, 0.2) is 36.5 Å². The average Bonchev–Trinajstić information content (AvgIpc) is 2.39. The summed E-state index contributed by atoms with van der Waals surface area (Å²) in [5.74, 6) is -0.729. The molecular formula is C12H8ClN3O4. The number of nitrogens with one attached hydrogen (secondary N) is 1. The number of nitrogens with zero attached hydrogens (tertiary/aromatic N) is 2. The molecule has 2 rings (SSSR count). The van der Waals surface area contributed by atoms with Crippen molar-refractivity contribution in [2.24, 2.45) is 0 Å². The van der Waals surface area contributed by atoms with Crippen LogP contribution in [0.3, 0.4) is 0 Å². The van der Waals surface area contributed by atoms with Gasteiger partial charge in [0.05, 0.1) is 10.5 Å². The number of amides is 1. The molecule has 1 heterocycles. The van der Waals surface area contributed by atoms with E-state index in [1.54, 1.807) is 0 Å². The van der Waals surface area contributed by atoms with Crippen LogP contribution in [0, 0.1) is 10.1 Å². The van der Waals surface area contributed by atoms with Crippen molar-refractivity contribution >= 4 is 29.0 Å². The van der Waals surface area contributed by atoms with Gasteiger partial charge in [0.2, 0.25) is 0 Å². The number of pyridine rings is 1. The third-order valence-electron chi connectivity index (χ3n) is 2.40. The third kappa shape index (κ3) is 3.01. The highest BCUT2D eigenvalue weighted by Crippen LogP contribution is 2.22. The second-order valence-corrected chi connectivity index (χ2v) is 4.21. The molecule has 1 amide bonds. The smallest absolute Gasteiger partial charge is 0.287 e. The molecule has 0 atom stereocenters. The Hall–Kier alpha value is -2.67. The second kappa shape index (κ2) is 5.54. The topological polar surface area (TPSA) is 105 Å². The maximum Gasteiger partial charge on any atom is 0.287 e. The van der Waals surface area contributed by atoms with Crippen molar-refractivity contribution in [2.45, 2.75) is 0 Å². The molecule has 0 aliphatic rings. The molecule has 1 aromatic heterocycles. The standard InChI is InChI=1S/C12H8ClN3O4/c13-7-1-3-9(10(17)5-7)12(18)15-11-4-2-8(6-14-11)16(19)20/h1-6,17H,(H,14,15,18). The zero-order valence-corrected chi connectivity index (χ0v) is 10.7. The molecule has 0 radical (unpaired) electrons. The number of hydrogen-bond donors (Lipinski definition) is 2. The predicted octanol–water partition coefficient (Wildman–Crippen LogP) is 2.60. The van der Waals surface area contributed by atoms with Crippen LogP contribution in [-0.2, 0) is 0 Å². The Morgan fingerprint density at radius 1 is 1.35 bits per heavy atom. The van der Waals surface area contributed by atoms with Crippen molar-refractivity contribution in [2.75, 3.05) is 5.32 Å². The van der Waals surface area contributed by atoms with Gasteiger partial charge in [-0.15, -0.1) is 0 Å². The molecule has 20 heavy (non-hydrogen) atoms. The van der Waals surface area contributed by atoms with E-state index in [0.29, 0.717) is 5.02 Å². The van der Waals surface area contributed by atoms with Crippen LogP contribution in [0.4, 0.5) is 11.5 Å². The lowest BCUT2D eigenvalue weighted by Crippen LogP contribution is -2.13. The van der Waals surface area contributed by atoms with Gasteiger partial charge in [-0.2, -0.15) is 0 Å². The van der Waals surface area contributed by atoms with Crippen molar-refractivity contribution in [3.63, 3.8) is 0 Å². The number of nitro groups is 1. The first-order valence-corrected chi connectivity index (χ1v) is 5.75. The number of carbonyl (C=O) groups is 1. The highest BCUT2D eigenvalue weighted by atomic mass is 35.5. The summed E-state index contributed by atoms with van der Waals surface area (Å²) in [6.07, 6.45) is 1.03. The first kappa shape index (κ1) is 13.8. The fourth-order valence-electron chi connectivity index (χ4n) is 1.45. The van der Waals surface area contributed by atoms with Gasteiger partial charge in [0.25, 0.3) is 11.6 Å². The minimum atomic E-state index is -0.597. The van der Waals surface area contributed by atoms with Crippen molar-refractivity contribution in [3.05, 3.63) is 57.2 Å². The molecule has 2 N–H and O–H groups in total. The molecule has 0 saturated carbocycles. The molecule has 0 aliphatic carbocycles. The maximum atomic E-state index is 11.9. The van der Waals surface area contributed by atoms with Gasteiger partial charge in [0, 0.05) is 11.1 Å². The predicted molar refractivity (Wildman–Crippen MR) is 72.0 cm³/mol. The number of phenols is 1. The number of carbonyl (C=O) groups excluding carboxylic acids is 1. The summed E-state index contributed by atoms with van der Waals surface area (Å²) in [6, 6.07) is 6.56. The van der Waals surface area contributed by atoms with Gasteiger partial charge >= 0.3 is 0 Å². The summed E-state index contributed by atoms with van der Waals surface area (Å²) in [6.45, 7) is 0. The van der Waals surface area contributed by atoms with E-state index in [1.165, 1.54) is 30.3 Å². The highest BCUT2D eigenvalue weighted by molar-refractivity contribution is 6.30. The normalized spacial score (nSPS) is 10.1. The van der Waals surface area contributed by atoms with E-state index in [1.807, 2.05) is 0 Å². The molecule has 2 aromatic rings. The zero-order chi connectivity index (χ0) is 14.7. The van der Waals surface area contributed by atoms with Crippen LogP contribution in [0.2, 0.25) is 5.02 Å². The van der Waals surface area contributed by atoms with E-state index in [9.17, 15) is 20.0 Å². The van der Waals surface area contributed by atoms with Crippen molar-refractivity contribution in [3.8, 4) is 5.75 Å². The molecule has 8 heteroatoms. The lowest BCUT2D eigenvalue weighted by atomic mass is 10.2. The number of aromatic hydroxyl groups is 1. The van der Waals surface area contributed by atoms with E-state index < -0.39 is 10.8 Å². The molecule has 7 nitrogen and oxygen atoms in total. The van der Waals surface area contributed by atoms with Crippen LogP contribution < -0.4 is 5.32 Å². The number of benzene rings is 1. The summed E-state index contributed by atoms with van der Waals surface area (Å²) < 4.78 is 0. The molecule has 0 fully saturated rings. The van der Waals surface area contributed by atoms with Crippen LogP contribution in [0.5, 0.6) is 5.75 Å². The monoisotopic (exact) mass is 293 g/mol. The summed E-state index contributed by atoms with van der Waals surface area (Å²) in [4.78, 5) is 25.5. The number of halogens is 1. The quantitative estimate of drug-likeness (QED) is 0.668. The Bertz CT molecular complexity index is 673. The van der Waals surface area contributed by atoms with Gasteiger partial charge in [0.1, 0.15) is 17.8 Å². The largest absolute Gasteiger partial charge is 0.507 e. The number of aromatic nitrogens is 1. The molecule has 0 unspecified atom stereocenters. The van der Waals surface area contributed by atoms with E-state index >= 15 is 0 Å². The molecule has 1 aromatic carbocycles. The first-order chi connectivity index (χ1) is 9.47. The Balaban J connectivity index is 2.17. The van der Waals surface area contributed by atoms with Crippen LogP contribution in [0.25, 0.3) is 0 Å². The Labute approximate surface area is 118 Å². The summed E-state index contributed by atoms with van der Waals surface area (Å²) in [5, 5.41) is 22.8. The third-order valence-corrected chi connectivity index (χ3v) is 2.64. The average molecular weight is 294 g/mol. The summed E-state index contributed by atoms with van der Waals surface area (Å²) in [5.41, 5.74) is -0.160. The van der Waals surface area contributed by atoms with Gasteiger partial charge in [-0.1, -0.05) is 11.6 Å². The van der Waals surface area contributed by atoms with Gasteiger partial charge in [-0.05, 0) is 24.3 Å². The number of anilines is 1. The Morgan fingerprint density at radius 2 is 2.10 bits per heavy atom.